The van der Waals surface area contributed by atoms with Gasteiger partial charge in [-0.3, -0.25) is 4.79 Å². The van der Waals surface area contributed by atoms with Crippen molar-refractivity contribution in [3.05, 3.63) is 51.9 Å². The van der Waals surface area contributed by atoms with Gasteiger partial charge >= 0.3 is 0 Å². The number of nitrogens with one attached hydrogen (secondary N) is 2. The number of unbranched alkanes of at least 4 members (excludes halogenated alkanes) is 3. The fourth-order valence-electron chi connectivity index (χ4n) is 3.75. The lowest BCUT2D eigenvalue weighted by Crippen LogP contribution is -2.30. The number of nitrogens with zero attached hydrogens (tertiary/aromatic N) is 1. The predicted molar refractivity (Wildman–Crippen MR) is 131 cm³/mol. The molecule has 1 aromatic heterocycles. The van der Waals surface area contributed by atoms with E-state index in [0.717, 1.165) is 24.4 Å². The van der Waals surface area contributed by atoms with Gasteiger partial charge in [-0.05, 0) is 68.2 Å². The lowest BCUT2D eigenvalue weighted by Gasteiger charge is -2.16. The number of sulfonamides is 1. The molecular weight excluding hydrogens is 466 g/mol. The average Bonchev–Trinajstić information content (AvgIpc) is 3.45. The van der Waals surface area contributed by atoms with Crippen molar-refractivity contribution < 1.29 is 13.2 Å². The molecule has 0 spiro atoms. The maximum atomic E-state index is 13.0. The molecule has 3 rings (SSSR count). The van der Waals surface area contributed by atoms with Crippen molar-refractivity contribution in [2.45, 2.75) is 49.8 Å². The number of amides is 1. The van der Waals surface area contributed by atoms with E-state index in [1.165, 1.54) is 37.0 Å². The number of carbonyl (C=O) groups is 1. The van der Waals surface area contributed by atoms with E-state index in [2.05, 4.69) is 17.6 Å². The van der Waals surface area contributed by atoms with E-state index in [0.29, 0.717) is 33.8 Å². The van der Waals surface area contributed by atoms with Gasteiger partial charge in [0.1, 0.15) is 4.21 Å². The molecule has 0 aliphatic carbocycles. The highest BCUT2D eigenvalue weighted by molar-refractivity contribution is 7.91. The second-order valence-electron chi connectivity index (χ2n) is 8.19. The molecule has 2 aromatic rings. The molecule has 0 bridgehead atoms. The van der Waals surface area contributed by atoms with Gasteiger partial charge in [0.05, 0.1) is 6.54 Å². The van der Waals surface area contributed by atoms with E-state index in [4.69, 9.17) is 11.6 Å². The molecule has 9 heteroatoms. The Balaban J connectivity index is 1.47. The van der Waals surface area contributed by atoms with Crippen molar-refractivity contribution in [3.63, 3.8) is 0 Å². The second kappa shape index (κ2) is 12.1. The Hall–Kier alpha value is -1.45. The first kappa shape index (κ1) is 25.2. The van der Waals surface area contributed by atoms with Gasteiger partial charge in [-0.2, -0.15) is 4.31 Å². The van der Waals surface area contributed by atoms with Crippen LogP contribution >= 0.6 is 22.9 Å². The highest BCUT2D eigenvalue weighted by atomic mass is 35.5. The zero-order valence-corrected chi connectivity index (χ0v) is 20.9. The summed E-state index contributed by atoms with van der Waals surface area (Å²) >= 11 is 7.07. The topological polar surface area (TPSA) is 78.5 Å². The van der Waals surface area contributed by atoms with Crippen LogP contribution < -0.4 is 10.6 Å². The van der Waals surface area contributed by atoms with Crippen LogP contribution in [-0.4, -0.2) is 44.8 Å². The van der Waals surface area contributed by atoms with E-state index >= 15 is 0 Å². The Bertz CT molecular complexity index is 977. The molecule has 1 fully saturated rings. The monoisotopic (exact) mass is 497 g/mol. The van der Waals surface area contributed by atoms with Crippen LogP contribution in [0.4, 0.5) is 0 Å². The third-order valence-corrected chi connectivity index (χ3v) is 9.32. The summed E-state index contributed by atoms with van der Waals surface area (Å²) in [5, 5.41) is 6.88. The van der Waals surface area contributed by atoms with Gasteiger partial charge in [-0.1, -0.05) is 37.8 Å². The van der Waals surface area contributed by atoms with Crippen LogP contribution in [0.25, 0.3) is 0 Å². The van der Waals surface area contributed by atoms with Gasteiger partial charge in [0.2, 0.25) is 0 Å². The van der Waals surface area contributed by atoms with Crippen molar-refractivity contribution >= 4 is 38.9 Å². The molecule has 2 heterocycles. The van der Waals surface area contributed by atoms with Crippen molar-refractivity contribution in [3.8, 4) is 0 Å². The summed E-state index contributed by atoms with van der Waals surface area (Å²) in [5.41, 5.74) is 0.515. The minimum absolute atomic E-state index is 0.218. The quantitative estimate of drug-likeness (QED) is 0.423. The fourth-order valence-corrected chi connectivity index (χ4v) is 6.86. The molecule has 1 aromatic carbocycles. The van der Waals surface area contributed by atoms with E-state index in [1.807, 2.05) is 0 Å². The molecule has 1 aliphatic rings. The highest BCUT2D eigenvalue weighted by Crippen LogP contribution is 2.29. The van der Waals surface area contributed by atoms with Gasteiger partial charge in [-0.15, -0.1) is 11.3 Å². The van der Waals surface area contributed by atoms with Crippen LogP contribution in [0, 0.1) is 5.92 Å². The molecule has 1 amide bonds. The van der Waals surface area contributed by atoms with Crippen LogP contribution in [-0.2, 0) is 16.6 Å². The summed E-state index contributed by atoms with van der Waals surface area (Å²) in [6.07, 6.45) is 5.81. The second-order valence-corrected chi connectivity index (χ2v) is 12.0. The van der Waals surface area contributed by atoms with Crippen LogP contribution in [0.2, 0.25) is 5.02 Å². The van der Waals surface area contributed by atoms with E-state index in [-0.39, 0.29) is 12.5 Å². The summed E-state index contributed by atoms with van der Waals surface area (Å²) in [6, 6.07) is 10.1. The Morgan fingerprint density at radius 2 is 1.94 bits per heavy atom. The van der Waals surface area contributed by atoms with Gasteiger partial charge in [0.25, 0.3) is 15.9 Å². The summed E-state index contributed by atoms with van der Waals surface area (Å²) in [5.74, 6) is 0.137. The lowest BCUT2D eigenvalue weighted by atomic mass is 10.1. The maximum Gasteiger partial charge on any atom is 0.252 e. The van der Waals surface area contributed by atoms with Gasteiger partial charge in [0, 0.05) is 28.6 Å². The zero-order chi connectivity index (χ0) is 23.0. The van der Waals surface area contributed by atoms with E-state index in [9.17, 15) is 13.2 Å². The first-order valence-corrected chi connectivity index (χ1v) is 13.9. The minimum atomic E-state index is -3.49. The van der Waals surface area contributed by atoms with Crippen LogP contribution in [0.1, 0.15) is 54.3 Å². The Morgan fingerprint density at radius 1 is 1.16 bits per heavy atom. The normalized spacial score (nSPS) is 17.0. The fraction of sp³-hybridized carbons (Fsp3) is 0.522. The molecule has 176 valence electrons. The predicted octanol–water partition coefficient (Wildman–Crippen LogP) is 4.51. The molecule has 0 unspecified atom stereocenters. The molecule has 32 heavy (non-hydrogen) atoms. The largest absolute Gasteiger partial charge is 0.347 e. The third-order valence-electron chi connectivity index (χ3n) is 5.65. The Morgan fingerprint density at radius 3 is 2.69 bits per heavy atom. The Labute approximate surface area is 200 Å². The van der Waals surface area contributed by atoms with Crippen molar-refractivity contribution in [2.24, 2.45) is 5.92 Å². The SMILES string of the molecule is CCCCCCNC[C@H]1CCN(S(=O)(=O)c2ccc(CNC(=O)c3ccc(Cl)cc3)s2)C1. The highest BCUT2D eigenvalue weighted by Gasteiger charge is 2.33. The number of rotatable bonds is 12. The standard InChI is InChI=1S/C23H32ClN3O3S2/c1-2-3-4-5-13-25-15-18-12-14-27(17-18)32(29,30)22-11-10-21(31-22)16-26-23(28)19-6-8-20(24)9-7-19/h6-11,18,25H,2-5,12-17H2,1H3,(H,26,28)/t18-/m1/s1. The number of thiophene rings is 1. The summed E-state index contributed by atoms with van der Waals surface area (Å²) < 4.78 is 28.0. The number of carbonyl (C=O) groups excluding carboxylic acids is 1. The summed E-state index contributed by atoms with van der Waals surface area (Å²) in [4.78, 5) is 13.1. The summed E-state index contributed by atoms with van der Waals surface area (Å²) in [6.45, 7) is 5.47. The molecule has 1 atom stereocenters. The molecule has 0 radical (unpaired) electrons. The number of hydrogen-bond acceptors (Lipinski definition) is 5. The van der Waals surface area contributed by atoms with Crippen LogP contribution in [0.15, 0.2) is 40.6 Å². The van der Waals surface area contributed by atoms with Gasteiger partial charge in [0.15, 0.2) is 0 Å². The van der Waals surface area contributed by atoms with Crippen molar-refractivity contribution in [1.82, 2.24) is 14.9 Å². The van der Waals surface area contributed by atoms with Gasteiger partial charge in [-0.25, -0.2) is 8.42 Å². The zero-order valence-electron chi connectivity index (χ0n) is 18.5. The number of halogens is 1. The molecular formula is C23H32ClN3O3S2. The van der Waals surface area contributed by atoms with Crippen LogP contribution in [0.3, 0.4) is 0 Å². The first-order chi connectivity index (χ1) is 15.4. The molecule has 2 N–H and O–H groups in total. The van der Waals surface area contributed by atoms with Crippen molar-refractivity contribution in [1.29, 1.82) is 0 Å². The smallest absolute Gasteiger partial charge is 0.252 e. The Kier molecular flexibility index (Phi) is 9.55. The minimum Gasteiger partial charge on any atom is -0.347 e. The van der Waals surface area contributed by atoms with E-state index in [1.54, 1.807) is 40.7 Å². The lowest BCUT2D eigenvalue weighted by molar-refractivity contribution is 0.0951. The number of benzene rings is 1. The molecule has 6 nitrogen and oxygen atoms in total. The molecule has 1 aliphatic heterocycles. The maximum absolute atomic E-state index is 13.0. The van der Waals surface area contributed by atoms with Crippen LogP contribution in [0.5, 0.6) is 0 Å². The molecule has 1 saturated heterocycles. The third kappa shape index (κ3) is 7.02. The van der Waals surface area contributed by atoms with Gasteiger partial charge < -0.3 is 10.6 Å². The first-order valence-electron chi connectivity index (χ1n) is 11.2. The molecule has 0 saturated carbocycles. The summed E-state index contributed by atoms with van der Waals surface area (Å²) in [7, 11) is -3.49. The van der Waals surface area contributed by atoms with Crippen molar-refractivity contribution in [2.75, 3.05) is 26.2 Å². The van der Waals surface area contributed by atoms with E-state index < -0.39 is 10.0 Å². The number of hydrogen-bond donors (Lipinski definition) is 2. The average molecular weight is 498 g/mol.